The first-order chi connectivity index (χ1) is 10.8. The van der Waals surface area contributed by atoms with E-state index in [1.807, 2.05) is 25.7 Å². The Balaban J connectivity index is 2.81. The highest BCUT2D eigenvalue weighted by Gasteiger charge is 2.44. The molecule has 2 N–H and O–H groups in total. The van der Waals surface area contributed by atoms with Crippen molar-refractivity contribution in [2.45, 2.75) is 96.7 Å². The number of nitrogens with zero attached hydrogens (tertiary/aromatic N) is 1. The van der Waals surface area contributed by atoms with Gasteiger partial charge in [0.25, 0.3) is 0 Å². The molecule has 0 aromatic carbocycles. The van der Waals surface area contributed by atoms with Gasteiger partial charge in [0.2, 0.25) is 0 Å². The van der Waals surface area contributed by atoms with Crippen LogP contribution in [0.5, 0.6) is 0 Å². The summed E-state index contributed by atoms with van der Waals surface area (Å²) >= 11 is 0. The molecule has 0 unspecified atom stereocenters. The van der Waals surface area contributed by atoms with Crippen molar-refractivity contribution in [1.29, 1.82) is 0 Å². The van der Waals surface area contributed by atoms with Crippen LogP contribution in [0.3, 0.4) is 0 Å². The van der Waals surface area contributed by atoms with Crippen LogP contribution < -0.4 is 5.73 Å². The van der Waals surface area contributed by atoms with Crippen molar-refractivity contribution in [1.82, 2.24) is 4.90 Å². The summed E-state index contributed by atoms with van der Waals surface area (Å²) < 4.78 is 12.1. The van der Waals surface area contributed by atoms with E-state index in [2.05, 4.69) is 33.9 Å². The number of carbonyl (C=O) groups excluding carboxylic acids is 1. The number of rotatable bonds is 5. The largest absolute Gasteiger partial charge is 0.444 e. The van der Waals surface area contributed by atoms with E-state index in [9.17, 15) is 4.79 Å². The standard InChI is InChI=1S/C18H38N2O3Si/c1-17(2,3)22-16(21)20-13-15(12-14(20)10-9-11-19)23-24(7,8)18(4,5)6/h14-15H,9-13,19H2,1-8H3/t14-,15-/m1/s1. The lowest BCUT2D eigenvalue weighted by Gasteiger charge is -2.38. The number of amides is 1. The summed E-state index contributed by atoms with van der Waals surface area (Å²) in [5.74, 6) is 0. The van der Waals surface area contributed by atoms with Gasteiger partial charge in [0.15, 0.2) is 8.32 Å². The number of likely N-dealkylation sites (tertiary alicyclic amines) is 1. The summed E-state index contributed by atoms with van der Waals surface area (Å²) in [5, 5.41) is 0.166. The molecule has 0 saturated carbocycles. The average molecular weight is 359 g/mol. The van der Waals surface area contributed by atoms with Gasteiger partial charge in [0, 0.05) is 12.6 Å². The summed E-state index contributed by atoms with van der Waals surface area (Å²) in [6, 6.07) is 0.165. The fourth-order valence-electron chi connectivity index (χ4n) is 2.72. The van der Waals surface area contributed by atoms with Crippen molar-refractivity contribution in [2.75, 3.05) is 13.1 Å². The Morgan fingerprint density at radius 2 is 1.79 bits per heavy atom. The lowest BCUT2D eigenvalue weighted by atomic mass is 10.1. The molecular weight excluding hydrogens is 320 g/mol. The van der Waals surface area contributed by atoms with Gasteiger partial charge >= 0.3 is 6.09 Å². The van der Waals surface area contributed by atoms with Crippen LogP contribution >= 0.6 is 0 Å². The third-order valence-electron chi connectivity index (χ3n) is 5.01. The minimum atomic E-state index is -1.85. The molecule has 1 aliphatic heterocycles. The van der Waals surface area contributed by atoms with Gasteiger partial charge in [-0.15, -0.1) is 0 Å². The summed E-state index contributed by atoms with van der Waals surface area (Å²) in [6.45, 7) is 18.2. The lowest BCUT2D eigenvalue weighted by molar-refractivity contribution is 0.0204. The summed E-state index contributed by atoms with van der Waals surface area (Å²) in [4.78, 5) is 14.4. The zero-order valence-corrected chi connectivity index (χ0v) is 17.9. The molecule has 1 rings (SSSR count). The fraction of sp³-hybridized carbons (Fsp3) is 0.944. The van der Waals surface area contributed by atoms with E-state index < -0.39 is 13.9 Å². The van der Waals surface area contributed by atoms with Crippen LogP contribution in [-0.4, -0.2) is 50.1 Å². The monoisotopic (exact) mass is 358 g/mol. The first kappa shape index (κ1) is 21.4. The predicted molar refractivity (Wildman–Crippen MR) is 102 cm³/mol. The van der Waals surface area contributed by atoms with E-state index in [1.54, 1.807) is 0 Å². The van der Waals surface area contributed by atoms with Gasteiger partial charge in [-0.2, -0.15) is 0 Å². The number of hydrogen-bond acceptors (Lipinski definition) is 4. The minimum Gasteiger partial charge on any atom is -0.444 e. The van der Waals surface area contributed by atoms with E-state index >= 15 is 0 Å². The van der Waals surface area contributed by atoms with Gasteiger partial charge in [-0.3, -0.25) is 0 Å². The highest BCUT2D eigenvalue weighted by molar-refractivity contribution is 6.74. The van der Waals surface area contributed by atoms with Gasteiger partial charge in [0.1, 0.15) is 5.60 Å². The second kappa shape index (κ2) is 7.75. The Morgan fingerprint density at radius 1 is 1.21 bits per heavy atom. The highest BCUT2D eigenvalue weighted by atomic mass is 28.4. The molecule has 1 fully saturated rings. The van der Waals surface area contributed by atoms with Crippen LogP contribution in [0.2, 0.25) is 18.1 Å². The molecule has 6 heteroatoms. The number of hydrogen-bond donors (Lipinski definition) is 1. The highest BCUT2D eigenvalue weighted by Crippen LogP contribution is 2.39. The Bertz CT molecular complexity index is 427. The first-order valence-corrected chi connectivity index (χ1v) is 12.0. The molecule has 0 aliphatic carbocycles. The average Bonchev–Trinajstić information content (AvgIpc) is 2.75. The summed E-state index contributed by atoms with van der Waals surface area (Å²) in [7, 11) is -1.85. The zero-order chi connectivity index (χ0) is 18.8. The lowest BCUT2D eigenvalue weighted by Crippen LogP contribution is -2.45. The van der Waals surface area contributed by atoms with Crippen molar-refractivity contribution in [2.24, 2.45) is 5.73 Å². The van der Waals surface area contributed by atoms with Crippen LogP contribution in [0, 0.1) is 0 Å². The molecule has 24 heavy (non-hydrogen) atoms. The van der Waals surface area contributed by atoms with Crippen molar-refractivity contribution in [3.05, 3.63) is 0 Å². The van der Waals surface area contributed by atoms with Crippen molar-refractivity contribution in [3.63, 3.8) is 0 Å². The van der Waals surface area contributed by atoms with Gasteiger partial charge in [-0.25, -0.2) is 4.79 Å². The molecule has 1 heterocycles. The third-order valence-corrected chi connectivity index (χ3v) is 9.55. The van der Waals surface area contributed by atoms with Crippen molar-refractivity contribution in [3.8, 4) is 0 Å². The summed E-state index contributed by atoms with van der Waals surface area (Å²) in [6.07, 6.45) is 2.57. The van der Waals surface area contributed by atoms with E-state index in [1.165, 1.54) is 0 Å². The van der Waals surface area contributed by atoms with Gasteiger partial charge in [-0.05, 0) is 64.7 Å². The van der Waals surface area contributed by atoms with Gasteiger partial charge in [-0.1, -0.05) is 20.8 Å². The van der Waals surface area contributed by atoms with E-state index in [0.717, 1.165) is 19.3 Å². The molecule has 2 atom stereocenters. The normalized spacial score (nSPS) is 22.8. The van der Waals surface area contributed by atoms with Crippen LogP contribution in [0.25, 0.3) is 0 Å². The molecule has 0 aromatic rings. The maximum absolute atomic E-state index is 12.6. The number of ether oxygens (including phenoxy) is 1. The van der Waals surface area contributed by atoms with Gasteiger partial charge < -0.3 is 19.8 Å². The van der Waals surface area contributed by atoms with Crippen molar-refractivity contribution < 1.29 is 14.0 Å². The number of carbonyl (C=O) groups is 1. The van der Waals surface area contributed by atoms with Crippen LogP contribution in [0.1, 0.15) is 60.8 Å². The number of nitrogens with two attached hydrogens (primary N) is 1. The maximum Gasteiger partial charge on any atom is 0.410 e. The first-order valence-electron chi connectivity index (χ1n) is 9.14. The molecule has 0 spiro atoms. The maximum atomic E-state index is 12.6. The predicted octanol–water partition coefficient (Wildman–Crippen LogP) is 4.13. The Hall–Kier alpha value is -0.593. The quantitative estimate of drug-likeness (QED) is 0.751. The molecule has 142 valence electrons. The van der Waals surface area contributed by atoms with Crippen LogP contribution in [0.4, 0.5) is 4.79 Å². The second-order valence-electron chi connectivity index (χ2n) is 9.45. The summed E-state index contributed by atoms with van der Waals surface area (Å²) in [5.41, 5.74) is 5.19. The van der Waals surface area contributed by atoms with Gasteiger partial charge in [0.05, 0.1) is 6.10 Å². The van der Waals surface area contributed by atoms with Crippen LogP contribution in [-0.2, 0) is 9.16 Å². The third kappa shape index (κ3) is 6.04. The Labute approximate surface area is 149 Å². The molecular formula is C18H38N2O3Si. The second-order valence-corrected chi connectivity index (χ2v) is 14.2. The molecule has 1 amide bonds. The Kier molecular flexibility index (Phi) is 6.92. The molecule has 0 radical (unpaired) electrons. The zero-order valence-electron chi connectivity index (χ0n) is 16.9. The van der Waals surface area contributed by atoms with E-state index in [-0.39, 0.29) is 23.3 Å². The molecule has 0 aromatic heterocycles. The minimum absolute atomic E-state index is 0.0983. The Morgan fingerprint density at radius 3 is 2.25 bits per heavy atom. The molecule has 5 nitrogen and oxygen atoms in total. The van der Waals surface area contributed by atoms with Crippen molar-refractivity contribution >= 4 is 14.4 Å². The molecule has 0 bridgehead atoms. The molecule has 1 aliphatic rings. The fourth-order valence-corrected chi connectivity index (χ4v) is 4.08. The van der Waals surface area contributed by atoms with E-state index in [4.69, 9.17) is 14.9 Å². The topological polar surface area (TPSA) is 64.8 Å². The van der Waals surface area contributed by atoms with Crippen LogP contribution in [0.15, 0.2) is 0 Å². The molecule has 1 saturated heterocycles. The smallest absolute Gasteiger partial charge is 0.410 e. The van der Waals surface area contributed by atoms with E-state index in [0.29, 0.717) is 13.1 Å². The SMILES string of the molecule is CC(C)(C)OC(=O)N1C[C@H](O[Si](C)(C)C(C)(C)C)C[C@H]1CCCN.